The van der Waals surface area contributed by atoms with Crippen molar-refractivity contribution in [2.45, 2.75) is 37.5 Å². The lowest BCUT2D eigenvalue weighted by molar-refractivity contribution is -0.139. The molecule has 3 aromatic carbocycles. The van der Waals surface area contributed by atoms with Crippen molar-refractivity contribution in [1.29, 1.82) is 0 Å². The maximum absolute atomic E-state index is 13.5. The fraction of sp³-hybridized carbons (Fsp3) is 0.276. The number of carboxylic acid groups (broad SMARTS) is 1. The third kappa shape index (κ3) is 6.02. The predicted molar refractivity (Wildman–Crippen MR) is 142 cm³/mol. The molecule has 1 aliphatic heterocycles. The van der Waals surface area contributed by atoms with Crippen LogP contribution in [0, 0.1) is 5.82 Å². The summed E-state index contributed by atoms with van der Waals surface area (Å²) >= 11 is 1.28. The normalized spacial score (nSPS) is 17.3. The van der Waals surface area contributed by atoms with Gasteiger partial charge in [-0.3, -0.25) is 9.59 Å². The average Bonchev–Trinajstić information content (AvgIpc) is 2.87. The number of carboxylic acids is 1. The first-order valence-electron chi connectivity index (χ1n) is 11.8. The number of halogens is 1. The first-order valence-corrected chi connectivity index (χ1v) is 12.9. The van der Waals surface area contributed by atoms with Gasteiger partial charge in [0.25, 0.3) is 0 Å². The number of ketones is 1. The van der Waals surface area contributed by atoms with Gasteiger partial charge in [0.2, 0.25) is 5.91 Å². The van der Waals surface area contributed by atoms with Crippen LogP contribution in [0.4, 0.5) is 10.1 Å². The van der Waals surface area contributed by atoms with Crippen LogP contribution in [-0.4, -0.2) is 40.4 Å². The molecular weight excluding hydrogens is 493 g/mol. The highest BCUT2D eigenvalue weighted by Crippen LogP contribution is 2.45. The first-order chi connectivity index (χ1) is 17.5. The smallest absolute Gasteiger partial charge is 0.341 e. The van der Waals surface area contributed by atoms with Gasteiger partial charge in [0.1, 0.15) is 16.8 Å². The van der Waals surface area contributed by atoms with E-state index in [2.05, 4.69) is 20.8 Å². The summed E-state index contributed by atoms with van der Waals surface area (Å²) < 4.78 is 18.7. The van der Waals surface area contributed by atoms with Crippen LogP contribution in [0.2, 0.25) is 0 Å². The Bertz CT molecular complexity index is 1280. The molecule has 4 rings (SSSR count). The Morgan fingerprint density at radius 1 is 0.973 bits per heavy atom. The second-order valence-corrected chi connectivity index (χ2v) is 11.0. The van der Waals surface area contributed by atoms with E-state index in [1.807, 2.05) is 24.3 Å². The number of anilines is 1. The molecule has 1 N–H and O–H groups in total. The number of nitrogens with zero attached hydrogens (tertiary/aromatic N) is 1. The van der Waals surface area contributed by atoms with Crippen LogP contribution in [-0.2, 0) is 15.0 Å². The minimum Gasteiger partial charge on any atom is -0.482 e. The zero-order valence-corrected chi connectivity index (χ0v) is 21.6. The number of ether oxygens (including phenoxy) is 1. The highest BCUT2D eigenvalue weighted by atomic mass is 32.2. The van der Waals surface area contributed by atoms with E-state index in [4.69, 9.17) is 9.84 Å². The standard InChI is InChI=1S/C29H28FNO5S/c1-29(2,3)20-8-4-18(5-9-20)24(32)17-37-27-26(19-6-14-23(15-7-19)36-16-25(33)34)31(28(27)35)22-12-10-21(30)11-13-22/h4-15,26-27H,16-17H2,1-3H3,(H,33,34)/t26-,27-/m1/s1. The largest absolute Gasteiger partial charge is 0.482 e. The first kappa shape index (κ1) is 26.4. The molecule has 2 atom stereocenters. The molecule has 1 amide bonds. The van der Waals surface area contributed by atoms with E-state index in [1.165, 1.54) is 23.9 Å². The number of aliphatic carboxylic acids is 1. The van der Waals surface area contributed by atoms with Gasteiger partial charge in [-0.2, -0.15) is 0 Å². The van der Waals surface area contributed by atoms with Gasteiger partial charge in [-0.15, -0.1) is 11.8 Å². The molecule has 0 aliphatic carbocycles. The van der Waals surface area contributed by atoms with Crippen LogP contribution in [0.3, 0.4) is 0 Å². The number of rotatable bonds is 9. The number of thioether (sulfide) groups is 1. The Balaban J connectivity index is 1.52. The summed E-state index contributed by atoms with van der Waals surface area (Å²) in [6.07, 6.45) is 0. The van der Waals surface area contributed by atoms with Gasteiger partial charge in [0, 0.05) is 11.3 Å². The Morgan fingerprint density at radius 2 is 1.59 bits per heavy atom. The summed E-state index contributed by atoms with van der Waals surface area (Å²) in [6.45, 7) is 5.87. The zero-order chi connectivity index (χ0) is 26.7. The molecule has 1 heterocycles. The molecule has 3 aromatic rings. The van der Waals surface area contributed by atoms with Gasteiger partial charge in [-0.05, 0) is 52.9 Å². The molecule has 0 bridgehead atoms. The van der Waals surface area contributed by atoms with Crippen molar-refractivity contribution < 1.29 is 28.6 Å². The quantitative estimate of drug-likeness (QED) is 0.289. The highest BCUT2D eigenvalue weighted by Gasteiger charge is 2.49. The zero-order valence-electron chi connectivity index (χ0n) is 20.8. The van der Waals surface area contributed by atoms with Gasteiger partial charge in [0.15, 0.2) is 12.4 Å². The number of benzene rings is 3. The summed E-state index contributed by atoms with van der Waals surface area (Å²) in [6, 6.07) is 19.7. The van der Waals surface area contributed by atoms with Crippen molar-refractivity contribution in [3.63, 3.8) is 0 Å². The number of amides is 1. The third-order valence-electron chi connectivity index (χ3n) is 6.20. The van der Waals surface area contributed by atoms with E-state index in [0.717, 1.165) is 11.1 Å². The van der Waals surface area contributed by atoms with E-state index in [1.54, 1.807) is 41.3 Å². The highest BCUT2D eigenvalue weighted by molar-refractivity contribution is 8.01. The molecule has 1 saturated heterocycles. The number of β-lactam (4-membered cyclic amide) rings is 1. The van der Waals surface area contributed by atoms with Crippen LogP contribution in [0.15, 0.2) is 72.8 Å². The van der Waals surface area contributed by atoms with E-state index < -0.39 is 23.6 Å². The van der Waals surface area contributed by atoms with Crippen LogP contribution >= 0.6 is 11.8 Å². The molecular formula is C29H28FNO5S. The summed E-state index contributed by atoms with van der Waals surface area (Å²) in [4.78, 5) is 38.5. The van der Waals surface area contributed by atoms with Gasteiger partial charge in [-0.1, -0.05) is 57.2 Å². The van der Waals surface area contributed by atoms with Crippen molar-refractivity contribution in [1.82, 2.24) is 0 Å². The lowest BCUT2D eigenvalue weighted by Crippen LogP contribution is -2.57. The van der Waals surface area contributed by atoms with E-state index in [9.17, 15) is 18.8 Å². The molecule has 0 radical (unpaired) electrons. The van der Waals surface area contributed by atoms with Gasteiger partial charge in [0.05, 0.1) is 11.8 Å². The number of hydrogen-bond acceptors (Lipinski definition) is 5. The summed E-state index contributed by atoms with van der Waals surface area (Å²) in [5.41, 5.74) is 3.07. The van der Waals surface area contributed by atoms with Crippen LogP contribution in [0.1, 0.15) is 48.3 Å². The molecule has 0 spiro atoms. The van der Waals surface area contributed by atoms with Gasteiger partial charge < -0.3 is 14.7 Å². The van der Waals surface area contributed by atoms with Crippen molar-refractivity contribution in [2.24, 2.45) is 0 Å². The van der Waals surface area contributed by atoms with Crippen LogP contribution in [0.5, 0.6) is 5.75 Å². The molecule has 0 aromatic heterocycles. The monoisotopic (exact) mass is 521 g/mol. The molecule has 0 saturated carbocycles. The fourth-order valence-corrected chi connectivity index (χ4v) is 5.36. The lowest BCUT2D eigenvalue weighted by atomic mass is 9.86. The maximum atomic E-state index is 13.5. The van der Waals surface area contributed by atoms with E-state index >= 15 is 0 Å². The average molecular weight is 522 g/mol. The third-order valence-corrected chi connectivity index (χ3v) is 7.45. The maximum Gasteiger partial charge on any atom is 0.341 e. The minimum absolute atomic E-state index is 0.0140. The molecule has 1 aliphatic rings. The minimum atomic E-state index is -1.08. The second-order valence-electron chi connectivity index (χ2n) is 9.86. The van der Waals surface area contributed by atoms with Crippen LogP contribution in [0.25, 0.3) is 0 Å². The molecule has 1 fully saturated rings. The van der Waals surface area contributed by atoms with Crippen LogP contribution < -0.4 is 9.64 Å². The molecule has 192 valence electrons. The number of Topliss-reactive ketones (excluding diaryl/α,β-unsaturated/α-hetero) is 1. The number of hydrogen-bond donors (Lipinski definition) is 1. The number of carbonyl (C=O) groups is 3. The van der Waals surface area contributed by atoms with Gasteiger partial charge in [-0.25, -0.2) is 9.18 Å². The lowest BCUT2D eigenvalue weighted by Gasteiger charge is -2.47. The second kappa shape index (κ2) is 10.8. The Labute approximate surface area is 219 Å². The molecule has 6 nitrogen and oxygen atoms in total. The Hall–Kier alpha value is -3.65. The summed E-state index contributed by atoms with van der Waals surface area (Å²) in [5.74, 6) is -1.17. The van der Waals surface area contributed by atoms with Crippen molar-refractivity contribution in [2.75, 3.05) is 17.3 Å². The summed E-state index contributed by atoms with van der Waals surface area (Å²) in [7, 11) is 0. The summed E-state index contributed by atoms with van der Waals surface area (Å²) in [5, 5.41) is 8.31. The van der Waals surface area contributed by atoms with Crippen molar-refractivity contribution in [3.05, 3.63) is 95.3 Å². The molecule has 37 heavy (non-hydrogen) atoms. The topological polar surface area (TPSA) is 83.9 Å². The Kier molecular flexibility index (Phi) is 7.68. The SMILES string of the molecule is CC(C)(C)c1ccc(C(=O)CS[C@H]2C(=O)N(c3ccc(F)cc3)[C@@H]2c2ccc(OCC(=O)O)cc2)cc1. The van der Waals surface area contributed by atoms with E-state index in [0.29, 0.717) is 17.0 Å². The Morgan fingerprint density at radius 3 is 2.16 bits per heavy atom. The molecule has 8 heteroatoms. The molecule has 0 unspecified atom stereocenters. The fourth-order valence-electron chi connectivity index (χ4n) is 4.15. The number of carbonyl (C=O) groups excluding carboxylic acids is 2. The van der Waals surface area contributed by atoms with Crippen molar-refractivity contribution >= 4 is 35.1 Å². The van der Waals surface area contributed by atoms with Gasteiger partial charge >= 0.3 is 5.97 Å². The van der Waals surface area contributed by atoms with E-state index in [-0.39, 0.29) is 28.9 Å². The van der Waals surface area contributed by atoms with Crippen molar-refractivity contribution in [3.8, 4) is 5.75 Å². The predicted octanol–water partition coefficient (Wildman–Crippen LogP) is 5.66.